The first-order valence-electron chi connectivity index (χ1n) is 18.0. The monoisotopic (exact) mass is 675 g/mol. The summed E-state index contributed by atoms with van der Waals surface area (Å²) in [7, 11) is 0. The van der Waals surface area contributed by atoms with Gasteiger partial charge in [-0.15, -0.1) is 0 Å². The van der Waals surface area contributed by atoms with E-state index >= 15 is 0 Å². The molecule has 0 aliphatic heterocycles. The smallest absolute Gasteiger partial charge is 0.160 e. The van der Waals surface area contributed by atoms with Crippen LogP contribution >= 0.6 is 0 Å². The summed E-state index contributed by atoms with van der Waals surface area (Å²) in [5.74, 6) is 0.710. The fourth-order valence-corrected chi connectivity index (χ4v) is 7.68. The minimum Gasteiger partial charge on any atom is -0.309 e. The molecule has 0 fully saturated rings. The summed E-state index contributed by atoms with van der Waals surface area (Å²) < 4.78 is 2.37. The van der Waals surface area contributed by atoms with E-state index in [2.05, 4.69) is 168 Å². The first kappa shape index (κ1) is 30.7. The van der Waals surface area contributed by atoms with Crippen LogP contribution in [0.3, 0.4) is 0 Å². The third-order valence-corrected chi connectivity index (χ3v) is 10.3. The molecule has 10 rings (SSSR count). The Labute approximate surface area is 308 Å². The third-order valence-electron chi connectivity index (χ3n) is 10.3. The summed E-state index contributed by atoms with van der Waals surface area (Å²) in [6, 6.07) is 70.9. The maximum absolute atomic E-state index is 5.04. The maximum Gasteiger partial charge on any atom is 0.160 e. The fraction of sp³-hybridized carbons (Fsp3) is 0. The van der Waals surface area contributed by atoms with Gasteiger partial charge in [-0.05, 0) is 63.4 Å². The Hall–Kier alpha value is -7.10. The highest BCUT2D eigenvalue weighted by Crippen LogP contribution is 2.38. The van der Waals surface area contributed by atoms with Crippen LogP contribution in [-0.2, 0) is 0 Å². The standard InChI is InChI=1S/C50H33N3/c1-3-13-36(14-4-1)46-33-47(37-15-5-2-6-16-37)52-50(51-46)38-25-23-34(24-26-38)40-31-32-41(43-18-8-7-17-42(40)43)35-27-29-39(30-28-35)53-48-21-11-9-19-44(48)45-20-10-12-22-49(45)53/h1-33H. The van der Waals surface area contributed by atoms with E-state index in [9.17, 15) is 0 Å². The van der Waals surface area contributed by atoms with E-state index in [4.69, 9.17) is 9.97 Å². The predicted molar refractivity (Wildman–Crippen MR) is 221 cm³/mol. The van der Waals surface area contributed by atoms with Crippen molar-refractivity contribution in [3.05, 3.63) is 200 Å². The lowest BCUT2D eigenvalue weighted by molar-refractivity contribution is 1.18. The summed E-state index contributed by atoms with van der Waals surface area (Å²) in [6.45, 7) is 0. The van der Waals surface area contributed by atoms with Gasteiger partial charge in [0.15, 0.2) is 5.82 Å². The van der Waals surface area contributed by atoms with Crippen LogP contribution in [0.2, 0.25) is 0 Å². The van der Waals surface area contributed by atoms with Crippen LogP contribution < -0.4 is 0 Å². The molecule has 53 heavy (non-hydrogen) atoms. The number of nitrogens with zero attached hydrogens (tertiary/aromatic N) is 3. The Morgan fingerprint density at radius 3 is 1.19 bits per heavy atom. The van der Waals surface area contributed by atoms with Gasteiger partial charge in [-0.2, -0.15) is 0 Å². The normalized spacial score (nSPS) is 11.4. The highest BCUT2D eigenvalue weighted by molar-refractivity contribution is 6.09. The van der Waals surface area contributed by atoms with Crippen molar-refractivity contribution in [2.24, 2.45) is 0 Å². The van der Waals surface area contributed by atoms with Crippen LogP contribution in [-0.4, -0.2) is 14.5 Å². The van der Waals surface area contributed by atoms with Crippen molar-refractivity contribution < 1.29 is 0 Å². The zero-order valence-corrected chi connectivity index (χ0v) is 28.9. The molecule has 3 nitrogen and oxygen atoms in total. The van der Waals surface area contributed by atoms with Crippen LogP contribution in [0.5, 0.6) is 0 Å². The lowest BCUT2D eigenvalue weighted by atomic mass is 9.92. The van der Waals surface area contributed by atoms with Crippen molar-refractivity contribution >= 4 is 32.6 Å². The molecule has 0 atom stereocenters. The molecular formula is C50H33N3. The Bertz CT molecular complexity index is 2800. The van der Waals surface area contributed by atoms with Crippen LogP contribution in [0.25, 0.3) is 94.4 Å². The number of rotatable bonds is 6. The molecule has 248 valence electrons. The van der Waals surface area contributed by atoms with Gasteiger partial charge in [0.25, 0.3) is 0 Å². The second kappa shape index (κ2) is 12.9. The summed E-state index contributed by atoms with van der Waals surface area (Å²) in [5, 5.41) is 4.99. The van der Waals surface area contributed by atoms with Crippen LogP contribution in [0.15, 0.2) is 200 Å². The first-order valence-corrected chi connectivity index (χ1v) is 18.0. The number of hydrogen-bond acceptors (Lipinski definition) is 2. The van der Waals surface area contributed by atoms with Crippen molar-refractivity contribution in [3.63, 3.8) is 0 Å². The van der Waals surface area contributed by atoms with Crippen LogP contribution in [0, 0.1) is 0 Å². The second-order valence-corrected chi connectivity index (χ2v) is 13.4. The molecule has 0 spiro atoms. The van der Waals surface area contributed by atoms with E-state index in [1.165, 1.54) is 49.3 Å². The largest absolute Gasteiger partial charge is 0.309 e. The highest BCUT2D eigenvalue weighted by atomic mass is 15.0. The molecule has 8 aromatic carbocycles. The van der Waals surface area contributed by atoms with E-state index in [0.717, 1.165) is 39.3 Å². The molecular weight excluding hydrogens is 643 g/mol. The molecule has 0 unspecified atom stereocenters. The second-order valence-electron chi connectivity index (χ2n) is 13.4. The SMILES string of the molecule is c1ccc(-c2cc(-c3ccccc3)nc(-c3ccc(-c4ccc(-c5ccc(-n6c7ccccc7c7ccccc76)cc5)c5ccccc45)cc3)n2)cc1. The maximum atomic E-state index is 5.04. The molecule has 0 amide bonds. The summed E-state index contributed by atoms with van der Waals surface area (Å²) in [6.07, 6.45) is 0. The molecule has 0 aliphatic carbocycles. The summed E-state index contributed by atoms with van der Waals surface area (Å²) in [5.41, 5.74) is 13.3. The van der Waals surface area contributed by atoms with Crippen molar-refractivity contribution in [3.8, 4) is 61.8 Å². The van der Waals surface area contributed by atoms with Crippen molar-refractivity contribution in [2.45, 2.75) is 0 Å². The number of fused-ring (bicyclic) bond motifs is 4. The van der Waals surface area contributed by atoms with Gasteiger partial charge < -0.3 is 4.57 Å². The highest BCUT2D eigenvalue weighted by Gasteiger charge is 2.15. The zero-order valence-electron chi connectivity index (χ0n) is 28.9. The van der Waals surface area contributed by atoms with Gasteiger partial charge in [-0.3, -0.25) is 0 Å². The van der Waals surface area contributed by atoms with Crippen LogP contribution in [0.4, 0.5) is 0 Å². The van der Waals surface area contributed by atoms with E-state index in [-0.39, 0.29) is 0 Å². The van der Waals surface area contributed by atoms with E-state index in [1.54, 1.807) is 0 Å². The molecule has 0 bridgehead atoms. The predicted octanol–water partition coefficient (Wildman–Crippen LogP) is 13.1. The molecule has 0 aliphatic rings. The fourth-order valence-electron chi connectivity index (χ4n) is 7.68. The topological polar surface area (TPSA) is 30.7 Å². The van der Waals surface area contributed by atoms with Crippen molar-refractivity contribution in [1.29, 1.82) is 0 Å². The van der Waals surface area contributed by atoms with Gasteiger partial charge >= 0.3 is 0 Å². The van der Waals surface area contributed by atoms with Gasteiger partial charge in [0.2, 0.25) is 0 Å². The first-order chi connectivity index (χ1) is 26.3. The molecule has 10 aromatic rings. The lowest BCUT2D eigenvalue weighted by Gasteiger charge is -2.14. The van der Waals surface area contributed by atoms with Crippen molar-refractivity contribution in [2.75, 3.05) is 0 Å². The third kappa shape index (κ3) is 5.47. The quantitative estimate of drug-likeness (QED) is 0.176. The summed E-state index contributed by atoms with van der Waals surface area (Å²) >= 11 is 0. The van der Waals surface area contributed by atoms with Gasteiger partial charge in [0.05, 0.1) is 22.4 Å². The van der Waals surface area contributed by atoms with Crippen molar-refractivity contribution in [1.82, 2.24) is 14.5 Å². The Kier molecular flexibility index (Phi) is 7.47. The Balaban J connectivity index is 1.01. The number of hydrogen-bond donors (Lipinski definition) is 0. The van der Waals surface area contributed by atoms with E-state index in [0.29, 0.717) is 5.82 Å². The zero-order chi connectivity index (χ0) is 35.1. The van der Waals surface area contributed by atoms with Gasteiger partial charge in [0.1, 0.15) is 0 Å². The average Bonchev–Trinajstić information content (AvgIpc) is 3.58. The number of para-hydroxylation sites is 2. The molecule has 0 saturated carbocycles. The average molecular weight is 676 g/mol. The Morgan fingerprint density at radius 2 is 0.698 bits per heavy atom. The molecule has 0 radical (unpaired) electrons. The van der Waals surface area contributed by atoms with Gasteiger partial charge in [-0.25, -0.2) is 9.97 Å². The van der Waals surface area contributed by atoms with Gasteiger partial charge in [0, 0.05) is 33.2 Å². The lowest BCUT2D eigenvalue weighted by Crippen LogP contribution is -1.96. The number of benzene rings is 8. The molecule has 0 N–H and O–H groups in total. The molecule has 2 heterocycles. The minimum atomic E-state index is 0.710. The molecule has 2 aromatic heterocycles. The van der Waals surface area contributed by atoms with E-state index in [1.807, 2.05) is 36.4 Å². The molecule has 3 heteroatoms. The van der Waals surface area contributed by atoms with E-state index < -0.39 is 0 Å². The number of aromatic nitrogens is 3. The minimum absolute atomic E-state index is 0.710. The Morgan fingerprint density at radius 1 is 0.302 bits per heavy atom. The van der Waals surface area contributed by atoms with Crippen LogP contribution in [0.1, 0.15) is 0 Å². The van der Waals surface area contributed by atoms with Gasteiger partial charge in [-0.1, -0.05) is 170 Å². The molecule has 0 saturated heterocycles. The summed E-state index contributed by atoms with van der Waals surface area (Å²) in [4.78, 5) is 10.1.